The van der Waals surface area contributed by atoms with Gasteiger partial charge in [0, 0.05) is 32.6 Å². The zero-order chi connectivity index (χ0) is 22.5. The van der Waals surface area contributed by atoms with Crippen molar-refractivity contribution in [2.24, 2.45) is 0 Å². The molecule has 0 saturated heterocycles. The Morgan fingerprint density at radius 3 is 2.55 bits per heavy atom. The number of thiophene rings is 1. The van der Waals surface area contributed by atoms with Crippen LogP contribution in [0.3, 0.4) is 0 Å². The molecule has 4 rings (SSSR count). The number of rotatable bonds is 4. The minimum atomic E-state index is -1.19. The van der Waals surface area contributed by atoms with Gasteiger partial charge in [-0.2, -0.15) is 0 Å². The lowest BCUT2D eigenvalue weighted by atomic mass is 9.87. The van der Waals surface area contributed by atoms with Crippen molar-refractivity contribution in [3.63, 3.8) is 0 Å². The van der Waals surface area contributed by atoms with Crippen molar-refractivity contribution < 1.29 is 19.7 Å². The van der Waals surface area contributed by atoms with Gasteiger partial charge in [0.1, 0.15) is 10.6 Å². The number of ether oxygens (including phenoxy) is 1. The molecule has 0 saturated carbocycles. The van der Waals surface area contributed by atoms with E-state index in [-0.39, 0.29) is 5.75 Å². The van der Waals surface area contributed by atoms with Crippen LogP contribution in [-0.2, 0) is 22.4 Å². The maximum Gasteiger partial charge on any atom is 0.337 e. The van der Waals surface area contributed by atoms with E-state index in [1.165, 1.54) is 10.4 Å². The molecule has 1 aliphatic rings. The first kappa shape index (κ1) is 21.8. The Morgan fingerprint density at radius 2 is 1.90 bits per heavy atom. The van der Waals surface area contributed by atoms with E-state index in [2.05, 4.69) is 0 Å². The summed E-state index contributed by atoms with van der Waals surface area (Å²) in [6.45, 7) is 9.30. The van der Waals surface area contributed by atoms with Gasteiger partial charge in [0.2, 0.25) is 0 Å². The zero-order valence-corrected chi connectivity index (χ0v) is 19.5. The molecule has 1 aliphatic carbocycles. The van der Waals surface area contributed by atoms with Crippen LogP contribution in [-0.4, -0.2) is 26.8 Å². The molecule has 3 aromatic rings. The number of phenols is 1. The SMILES string of the molecule is Cc1ccc(-c2c([C@H](OC(C)(C)C)C(=O)O)c(C)nc3sc4c(c23)CCCC4)c(O)c1. The Bertz CT molecular complexity index is 1170. The van der Waals surface area contributed by atoms with Crippen LogP contribution in [0.15, 0.2) is 18.2 Å². The molecule has 2 heterocycles. The molecule has 1 atom stereocenters. The van der Waals surface area contributed by atoms with Gasteiger partial charge < -0.3 is 14.9 Å². The molecule has 0 unspecified atom stereocenters. The van der Waals surface area contributed by atoms with E-state index in [1.54, 1.807) is 17.4 Å². The lowest BCUT2D eigenvalue weighted by Crippen LogP contribution is -2.28. The van der Waals surface area contributed by atoms with Gasteiger partial charge in [0.05, 0.1) is 5.60 Å². The van der Waals surface area contributed by atoms with Crippen LogP contribution >= 0.6 is 11.3 Å². The fourth-order valence-electron chi connectivity index (χ4n) is 4.46. The van der Waals surface area contributed by atoms with Crippen LogP contribution in [0, 0.1) is 13.8 Å². The number of aromatic hydroxyl groups is 1. The smallest absolute Gasteiger partial charge is 0.337 e. The highest BCUT2D eigenvalue weighted by Crippen LogP contribution is 2.47. The highest BCUT2D eigenvalue weighted by atomic mass is 32.1. The molecule has 0 amide bonds. The van der Waals surface area contributed by atoms with Crippen LogP contribution in [0.4, 0.5) is 0 Å². The molecule has 2 aromatic heterocycles. The first-order valence-electron chi connectivity index (χ1n) is 10.7. The van der Waals surface area contributed by atoms with Crippen LogP contribution in [0.2, 0.25) is 0 Å². The first-order valence-corrected chi connectivity index (χ1v) is 11.5. The van der Waals surface area contributed by atoms with E-state index >= 15 is 0 Å². The minimum Gasteiger partial charge on any atom is -0.507 e. The number of nitrogens with zero attached hydrogens (tertiary/aromatic N) is 1. The summed E-state index contributed by atoms with van der Waals surface area (Å²) in [5.41, 5.74) is 4.05. The largest absolute Gasteiger partial charge is 0.507 e. The third-order valence-corrected chi connectivity index (χ3v) is 6.90. The van der Waals surface area contributed by atoms with Gasteiger partial charge >= 0.3 is 5.97 Å². The van der Waals surface area contributed by atoms with Gasteiger partial charge in [-0.25, -0.2) is 9.78 Å². The molecule has 0 spiro atoms. The number of fused-ring (bicyclic) bond motifs is 3. The summed E-state index contributed by atoms with van der Waals surface area (Å²) >= 11 is 1.69. The van der Waals surface area contributed by atoms with E-state index in [0.29, 0.717) is 16.8 Å². The summed E-state index contributed by atoms with van der Waals surface area (Å²) in [5, 5.41) is 22.0. The number of aliphatic carboxylic acids is 1. The minimum absolute atomic E-state index is 0.142. The molecule has 164 valence electrons. The van der Waals surface area contributed by atoms with Gasteiger partial charge in [-0.3, -0.25) is 0 Å². The number of carbonyl (C=O) groups is 1. The third kappa shape index (κ3) is 4.06. The molecule has 2 N–H and O–H groups in total. The second-order valence-corrected chi connectivity index (χ2v) is 10.4. The summed E-state index contributed by atoms with van der Waals surface area (Å²) in [6, 6.07) is 5.55. The Labute approximate surface area is 186 Å². The number of phenolic OH excluding ortho intramolecular Hbond substituents is 1. The molecule has 31 heavy (non-hydrogen) atoms. The molecular weight excluding hydrogens is 410 g/mol. The number of aryl methyl sites for hydroxylation is 4. The number of benzene rings is 1. The second-order valence-electron chi connectivity index (χ2n) is 9.35. The van der Waals surface area contributed by atoms with Crippen LogP contribution in [0.25, 0.3) is 21.3 Å². The molecule has 6 heteroatoms. The predicted molar refractivity (Wildman–Crippen MR) is 124 cm³/mol. The Morgan fingerprint density at radius 1 is 1.19 bits per heavy atom. The van der Waals surface area contributed by atoms with Gasteiger partial charge in [-0.05, 0) is 77.5 Å². The monoisotopic (exact) mass is 439 g/mol. The van der Waals surface area contributed by atoms with E-state index in [0.717, 1.165) is 47.0 Å². The number of aromatic nitrogens is 1. The van der Waals surface area contributed by atoms with Crippen molar-refractivity contribution in [3.8, 4) is 16.9 Å². The standard InChI is InChI=1S/C25H29NO4S/c1-13-10-11-15(17(27)12-13)20-19(22(24(28)29)30-25(3,4)5)14(2)26-23-21(20)16-8-6-7-9-18(16)31-23/h10-12,22,27H,6-9H2,1-5H3,(H,28,29)/t22-/m0/s1. The van der Waals surface area contributed by atoms with Crippen molar-refractivity contribution in [3.05, 3.63) is 45.5 Å². The van der Waals surface area contributed by atoms with Gasteiger partial charge in [-0.1, -0.05) is 12.1 Å². The third-order valence-electron chi connectivity index (χ3n) is 5.71. The molecule has 0 aliphatic heterocycles. The predicted octanol–water partition coefficient (Wildman–Crippen LogP) is 6.11. The summed E-state index contributed by atoms with van der Waals surface area (Å²) in [6.07, 6.45) is 3.03. The lowest BCUT2D eigenvalue weighted by Gasteiger charge is -2.28. The number of hydrogen-bond donors (Lipinski definition) is 2. The van der Waals surface area contributed by atoms with Gasteiger partial charge in [-0.15, -0.1) is 11.3 Å². The summed E-state index contributed by atoms with van der Waals surface area (Å²) in [7, 11) is 0. The topological polar surface area (TPSA) is 79.7 Å². The van der Waals surface area contributed by atoms with E-state index in [1.807, 2.05) is 46.8 Å². The molecular formula is C25H29NO4S. The maximum absolute atomic E-state index is 12.4. The highest BCUT2D eigenvalue weighted by molar-refractivity contribution is 7.19. The van der Waals surface area contributed by atoms with Crippen LogP contribution in [0.1, 0.15) is 67.0 Å². The van der Waals surface area contributed by atoms with Crippen molar-refractivity contribution in [2.45, 2.75) is 72.0 Å². The van der Waals surface area contributed by atoms with Crippen LogP contribution < -0.4 is 0 Å². The Hall–Kier alpha value is -2.44. The van der Waals surface area contributed by atoms with Gasteiger partial charge in [0.15, 0.2) is 6.10 Å². The molecule has 1 aromatic carbocycles. The molecule has 0 fully saturated rings. The Kier molecular flexibility index (Phi) is 5.56. The van der Waals surface area contributed by atoms with Crippen molar-refractivity contribution in [2.75, 3.05) is 0 Å². The maximum atomic E-state index is 12.4. The first-order chi connectivity index (χ1) is 14.6. The van der Waals surface area contributed by atoms with E-state index in [4.69, 9.17) is 9.72 Å². The average Bonchev–Trinajstić information content (AvgIpc) is 3.02. The summed E-state index contributed by atoms with van der Waals surface area (Å²) < 4.78 is 6.04. The van der Waals surface area contributed by atoms with Gasteiger partial charge in [0.25, 0.3) is 0 Å². The second kappa shape index (κ2) is 7.92. The average molecular weight is 440 g/mol. The van der Waals surface area contributed by atoms with Crippen LogP contribution in [0.5, 0.6) is 5.75 Å². The Balaban J connectivity index is 2.12. The number of carboxylic acids is 1. The van der Waals surface area contributed by atoms with Crippen molar-refractivity contribution >= 4 is 27.5 Å². The normalized spacial score (nSPS) is 15.1. The summed E-state index contributed by atoms with van der Waals surface area (Å²) in [4.78, 5) is 19.5. The van der Waals surface area contributed by atoms with E-state index in [9.17, 15) is 15.0 Å². The number of pyridine rings is 1. The van der Waals surface area contributed by atoms with E-state index < -0.39 is 17.7 Å². The van der Waals surface area contributed by atoms with Crippen molar-refractivity contribution in [1.29, 1.82) is 0 Å². The fourth-order valence-corrected chi connectivity index (χ4v) is 5.77. The fraction of sp³-hybridized carbons (Fsp3) is 0.440. The lowest BCUT2D eigenvalue weighted by molar-refractivity contribution is -0.160. The zero-order valence-electron chi connectivity index (χ0n) is 18.7. The summed E-state index contributed by atoms with van der Waals surface area (Å²) in [5.74, 6) is -0.917. The molecule has 0 radical (unpaired) electrons. The van der Waals surface area contributed by atoms with Crippen molar-refractivity contribution in [1.82, 2.24) is 4.98 Å². The molecule has 0 bridgehead atoms. The highest BCUT2D eigenvalue weighted by Gasteiger charge is 2.34. The number of hydrogen-bond acceptors (Lipinski definition) is 5. The molecule has 5 nitrogen and oxygen atoms in total. The number of carboxylic acid groups (broad SMARTS) is 1. The quantitative estimate of drug-likeness (QED) is 0.513.